The first-order valence-corrected chi connectivity index (χ1v) is 17.2. The smallest absolute Gasteiger partial charge is 0.406 e. The normalized spacial score (nSPS) is 15.9. The lowest BCUT2D eigenvalue weighted by Crippen LogP contribution is -2.48. The van der Waals surface area contributed by atoms with Crippen LogP contribution in [-0.2, 0) is 29.7 Å². The summed E-state index contributed by atoms with van der Waals surface area (Å²) in [5.41, 5.74) is 4.56. The number of nitrogens with one attached hydrogen (secondary N) is 3. The number of amides is 2. The van der Waals surface area contributed by atoms with Gasteiger partial charge < -0.3 is 31.2 Å². The Labute approximate surface area is 293 Å². The molecule has 6 N–H and O–H groups in total. The highest BCUT2D eigenvalue weighted by Gasteiger charge is 2.43. The summed E-state index contributed by atoms with van der Waals surface area (Å²) >= 11 is 6.92. The summed E-state index contributed by atoms with van der Waals surface area (Å²) in [5.74, 6) is 4.73. The van der Waals surface area contributed by atoms with Crippen molar-refractivity contribution in [1.82, 2.24) is 15.5 Å². The molecule has 1 heterocycles. The summed E-state index contributed by atoms with van der Waals surface area (Å²) in [5, 5.41) is 34.2. The Balaban J connectivity index is 1.71. The van der Waals surface area contributed by atoms with Gasteiger partial charge in [0.1, 0.15) is 5.84 Å². The summed E-state index contributed by atoms with van der Waals surface area (Å²) in [7, 11) is 3.18. The summed E-state index contributed by atoms with van der Waals surface area (Å²) in [6, 6.07) is 19.6. The number of aliphatic hydroxyl groups is 1. The molecule has 11 nitrogen and oxygen atoms in total. The number of carbonyl (C=O) groups is 2. The first-order chi connectivity index (χ1) is 23.6. The van der Waals surface area contributed by atoms with E-state index in [-0.39, 0.29) is 24.1 Å². The molecule has 0 spiro atoms. The van der Waals surface area contributed by atoms with E-state index in [0.717, 1.165) is 34.2 Å². The van der Waals surface area contributed by atoms with Crippen molar-refractivity contribution >= 4 is 29.4 Å². The third-order valence-corrected chi connectivity index (χ3v) is 9.58. The number of amidine groups is 1. The zero-order valence-corrected chi connectivity index (χ0v) is 29.4. The van der Waals surface area contributed by atoms with Crippen LogP contribution >= 0.6 is 11.6 Å². The molecule has 2 unspecified atom stereocenters. The molecule has 0 aromatic heterocycles. The molecule has 0 saturated carbocycles. The van der Waals surface area contributed by atoms with Crippen molar-refractivity contribution in [3.63, 3.8) is 0 Å². The van der Waals surface area contributed by atoms with Gasteiger partial charge in [0.05, 0.1) is 12.7 Å². The Morgan fingerprint density at radius 3 is 2.69 bits per heavy atom. The molecule has 0 bridgehead atoms. The van der Waals surface area contributed by atoms with E-state index in [4.69, 9.17) is 27.6 Å². The quantitative estimate of drug-likeness (QED) is 0.0328. The van der Waals surface area contributed by atoms with Crippen LogP contribution in [0.3, 0.4) is 0 Å². The third kappa shape index (κ3) is 9.44. The molecule has 0 aliphatic carbocycles. The van der Waals surface area contributed by atoms with Gasteiger partial charge in [-0.3, -0.25) is 10.2 Å². The van der Waals surface area contributed by atoms with Crippen LogP contribution in [0.25, 0.3) is 11.1 Å². The van der Waals surface area contributed by atoms with E-state index < -0.39 is 11.7 Å². The van der Waals surface area contributed by atoms with Crippen molar-refractivity contribution in [2.45, 2.75) is 64.0 Å². The topological polar surface area (TPSA) is 165 Å². The number of carbonyl (C=O) groups excluding carboxylic acids is 2. The monoisotopic (exact) mass is 689 g/mol. The van der Waals surface area contributed by atoms with E-state index in [1.54, 1.807) is 0 Å². The van der Waals surface area contributed by atoms with Crippen molar-refractivity contribution in [2.75, 3.05) is 33.8 Å². The molecule has 3 aromatic carbocycles. The molecule has 49 heavy (non-hydrogen) atoms. The van der Waals surface area contributed by atoms with Gasteiger partial charge in [-0.25, -0.2) is 4.79 Å². The largest absolute Gasteiger partial charge is 0.453 e. The van der Waals surface area contributed by atoms with Gasteiger partial charge in [-0.1, -0.05) is 72.3 Å². The van der Waals surface area contributed by atoms with Crippen LogP contribution < -0.4 is 16.5 Å². The maximum Gasteiger partial charge on any atom is 0.406 e. The molecule has 4 rings (SSSR count). The van der Waals surface area contributed by atoms with Crippen LogP contribution in [0.15, 0.2) is 71.0 Å². The zero-order chi connectivity index (χ0) is 35.4. The van der Waals surface area contributed by atoms with Gasteiger partial charge in [0.15, 0.2) is 0 Å². The molecule has 1 aliphatic heterocycles. The second-order valence-corrected chi connectivity index (χ2v) is 12.8. The van der Waals surface area contributed by atoms with Gasteiger partial charge in [0.2, 0.25) is 0 Å². The molecule has 1 aliphatic rings. The number of likely N-dealkylation sites (tertiary alicyclic amines) is 1. The molecule has 12 heteroatoms. The van der Waals surface area contributed by atoms with E-state index in [9.17, 15) is 14.7 Å². The SMILES string of the molecule is CCc1cccc(-c2c(Cl)cccc2C(O)(CCCNC(=O)OC)C2CCCN(C(=O)c3ccc(CNC)cc3CCC(=N)N=NN)C2)c1. The molecule has 0 radical (unpaired) electrons. The van der Waals surface area contributed by atoms with Crippen LogP contribution in [0.1, 0.15) is 71.6 Å². The molecule has 2 atom stereocenters. The Kier molecular flexibility index (Phi) is 13.7. The number of ether oxygens (including phenoxy) is 1. The number of hydrogen-bond donors (Lipinski definition) is 5. The predicted octanol–water partition coefficient (Wildman–Crippen LogP) is 6.40. The zero-order valence-electron chi connectivity index (χ0n) is 28.6. The van der Waals surface area contributed by atoms with Gasteiger partial charge in [-0.2, -0.15) is 0 Å². The molecule has 1 fully saturated rings. The lowest BCUT2D eigenvalue weighted by atomic mass is 9.72. The van der Waals surface area contributed by atoms with E-state index in [0.29, 0.717) is 74.4 Å². The van der Waals surface area contributed by atoms with E-state index in [1.165, 1.54) is 7.11 Å². The maximum absolute atomic E-state index is 14.3. The Bertz CT molecular complexity index is 1650. The molecule has 3 aromatic rings. The summed E-state index contributed by atoms with van der Waals surface area (Å²) in [6.07, 6.45) is 3.22. The second kappa shape index (κ2) is 17.9. The van der Waals surface area contributed by atoms with Gasteiger partial charge in [0, 0.05) is 54.7 Å². The third-order valence-electron chi connectivity index (χ3n) is 9.27. The van der Waals surface area contributed by atoms with Crippen molar-refractivity contribution < 1.29 is 19.4 Å². The van der Waals surface area contributed by atoms with Crippen LogP contribution in [0.2, 0.25) is 5.02 Å². The molecular weight excluding hydrogens is 642 g/mol. The minimum absolute atomic E-state index is 0.0338. The van der Waals surface area contributed by atoms with Crippen molar-refractivity contribution in [3.05, 3.63) is 93.5 Å². The van der Waals surface area contributed by atoms with Crippen LogP contribution in [0, 0.1) is 11.3 Å². The van der Waals surface area contributed by atoms with Crippen molar-refractivity contribution in [2.24, 2.45) is 22.1 Å². The van der Waals surface area contributed by atoms with Crippen LogP contribution in [-0.4, -0.2) is 61.6 Å². The number of alkyl carbamates (subject to hydrolysis) is 1. The number of aryl methyl sites for hydroxylation is 2. The van der Waals surface area contributed by atoms with Crippen molar-refractivity contribution in [1.29, 1.82) is 5.41 Å². The van der Waals surface area contributed by atoms with Gasteiger partial charge in [0.25, 0.3) is 5.91 Å². The average Bonchev–Trinajstić information content (AvgIpc) is 3.12. The Morgan fingerprint density at radius 2 is 1.96 bits per heavy atom. The molecule has 1 saturated heterocycles. The standard InChI is InChI=1S/C37H48ClN7O4/c1-4-25-9-5-10-28(21-25)34-31(12-6-13-32(34)38)37(48,18-8-19-42-36(47)49-3)29-11-7-20-45(24-29)35(46)30-16-14-26(23-41-2)22-27(30)15-17-33(39)43-44-40/h5-6,9-10,12-14,16,21-22,29,41,48H,4,7-8,11,15,17-20,23-24H2,1-3H3,(H,42,47)(H3,39,40,43). The first kappa shape index (κ1) is 37.5. The molecular formula is C37H48ClN7O4. The number of halogens is 1. The number of rotatable bonds is 14. The number of benzene rings is 3. The van der Waals surface area contributed by atoms with E-state index in [2.05, 4.69) is 40.0 Å². The number of piperidine rings is 1. The fraction of sp³-hybridized carbons (Fsp3) is 0.432. The van der Waals surface area contributed by atoms with Gasteiger partial charge >= 0.3 is 6.09 Å². The molecule has 262 valence electrons. The van der Waals surface area contributed by atoms with E-state index in [1.807, 2.05) is 60.5 Å². The Hall–Kier alpha value is -4.32. The Morgan fingerprint density at radius 1 is 1.16 bits per heavy atom. The van der Waals surface area contributed by atoms with Crippen molar-refractivity contribution in [3.8, 4) is 11.1 Å². The fourth-order valence-electron chi connectivity index (χ4n) is 6.78. The van der Waals surface area contributed by atoms with E-state index >= 15 is 0 Å². The number of methoxy groups -OCH3 is 1. The second-order valence-electron chi connectivity index (χ2n) is 12.4. The average molecular weight is 690 g/mol. The molecule has 2 amide bonds. The number of nitrogens with zero attached hydrogens (tertiary/aromatic N) is 3. The fourth-order valence-corrected chi connectivity index (χ4v) is 7.06. The van der Waals surface area contributed by atoms with Crippen LogP contribution in [0.4, 0.5) is 4.79 Å². The summed E-state index contributed by atoms with van der Waals surface area (Å²) < 4.78 is 4.75. The highest BCUT2D eigenvalue weighted by Crippen LogP contribution is 2.46. The lowest BCUT2D eigenvalue weighted by Gasteiger charge is -2.44. The lowest BCUT2D eigenvalue weighted by molar-refractivity contribution is -0.0563. The highest BCUT2D eigenvalue weighted by molar-refractivity contribution is 6.33. The maximum atomic E-state index is 14.3. The minimum atomic E-state index is -1.37. The van der Waals surface area contributed by atoms with Crippen LogP contribution in [0.5, 0.6) is 0 Å². The van der Waals surface area contributed by atoms with Gasteiger partial charge in [-0.05, 0) is 85.5 Å². The summed E-state index contributed by atoms with van der Waals surface area (Å²) in [6.45, 7) is 3.92. The predicted molar refractivity (Wildman–Crippen MR) is 193 cm³/mol. The van der Waals surface area contributed by atoms with Gasteiger partial charge in [-0.15, -0.1) is 5.11 Å². The first-order valence-electron chi connectivity index (χ1n) is 16.8. The minimum Gasteiger partial charge on any atom is -0.453 e. The highest BCUT2D eigenvalue weighted by atomic mass is 35.5. The summed E-state index contributed by atoms with van der Waals surface area (Å²) in [4.78, 5) is 27.9. The number of hydrogen-bond acceptors (Lipinski definition) is 7. The number of nitrogens with two attached hydrogens (primary N) is 1.